The standard InChI is InChI=1S/C14H21NO3/c1-10-9-11(7-8-13(10)18-3)12(15-2)5-4-6-14(16)17/h7-9,12,15H,4-6H2,1-3H3,(H,16,17). The predicted molar refractivity (Wildman–Crippen MR) is 71.0 cm³/mol. The first kappa shape index (κ1) is 14.5. The summed E-state index contributed by atoms with van der Waals surface area (Å²) < 4.78 is 5.23. The number of ether oxygens (including phenoxy) is 1. The smallest absolute Gasteiger partial charge is 0.303 e. The Morgan fingerprint density at radius 3 is 2.72 bits per heavy atom. The number of hydrogen-bond acceptors (Lipinski definition) is 3. The minimum atomic E-state index is -0.740. The highest BCUT2D eigenvalue weighted by Gasteiger charge is 2.11. The number of nitrogens with one attached hydrogen (secondary N) is 1. The van der Waals surface area contributed by atoms with Crippen LogP contribution in [-0.2, 0) is 4.79 Å². The van der Waals surface area contributed by atoms with E-state index in [1.165, 1.54) is 5.56 Å². The quantitative estimate of drug-likeness (QED) is 0.781. The highest BCUT2D eigenvalue weighted by molar-refractivity contribution is 5.66. The van der Waals surface area contributed by atoms with Gasteiger partial charge in [-0.25, -0.2) is 0 Å². The number of aryl methyl sites for hydroxylation is 1. The molecule has 18 heavy (non-hydrogen) atoms. The maximum Gasteiger partial charge on any atom is 0.303 e. The van der Waals surface area contributed by atoms with Crippen LogP contribution in [0.5, 0.6) is 5.75 Å². The van der Waals surface area contributed by atoms with Crippen molar-refractivity contribution in [2.24, 2.45) is 0 Å². The molecule has 1 unspecified atom stereocenters. The van der Waals surface area contributed by atoms with Gasteiger partial charge in [0.05, 0.1) is 7.11 Å². The summed E-state index contributed by atoms with van der Waals surface area (Å²) in [7, 11) is 3.55. The molecule has 100 valence electrons. The molecule has 1 aromatic rings. The fourth-order valence-electron chi connectivity index (χ4n) is 2.05. The highest BCUT2D eigenvalue weighted by atomic mass is 16.5. The Labute approximate surface area is 108 Å². The van der Waals surface area contributed by atoms with Crippen molar-refractivity contribution in [1.82, 2.24) is 5.32 Å². The number of benzene rings is 1. The van der Waals surface area contributed by atoms with Gasteiger partial charge in [0.2, 0.25) is 0 Å². The van der Waals surface area contributed by atoms with Crippen molar-refractivity contribution >= 4 is 5.97 Å². The minimum absolute atomic E-state index is 0.189. The lowest BCUT2D eigenvalue weighted by Crippen LogP contribution is -2.16. The maximum atomic E-state index is 10.5. The molecular formula is C14H21NO3. The van der Waals surface area contributed by atoms with Gasteiger partial charge in [0.1, 0.15) is 5.75 Å². The summed E-state index contributed by atoms with van der Waals surface area (Å²) >= 11 is 0. The van der Waals surface area contributed by atoms with Crippen LogP contribution in [0.25, 0.3) is 0 Å². The van der Waals surface area contributed by atoms with Crippen LogP contribution in [0.4, 0.5) is 0 Å². The molecule has 0 aromatic heterocycles. The van der Waals surface area contributed by atoms with Gasteiger partial charge in [0, 0.05) is 12.5 Å². The van der Waals surface area contributed by atoms with E-state index in [2.05, 4.69) is 11.4 Å². The number of aliphatic carboxylic acids is 1. The molecule has 0 saturated heterocycles. The number of carboxylic acid groups (broad SMARTS) is 1. The van der Waals surface area contributed by atoms with Gasteiger partial charge >= 0.3 is 5.97 Å². The Hall–Kier alpha value is -1.55. The van der Waals surface area contributed by atoms with E-state index in [4.69, 9.17) is 9.84 Å². The van der Waals surface area contributed by atoms with Crippen LogP contribution in [0.1, 0.15) is 36.4 Å². The molecule has 0 amide bonds. The summed E-state index contributed by atoms with van der Waals surface area (Å²) in [5.41, 5.74) is 2.26. The van der Waals surface area contributed by atoms with Gasteiger partial charge in [-0.1, -0.05) is 12.1 Å². The first-order valence-corrected chi connectivity index (χ1v) is 6.12. The largest absolute Gasteiger partial charge is 0.496 e. The summed E-state index contributed by atoms with van der Waals surface area (Å²) in [4.78, 5) is 10.5. The molecule has 0 saturated carbocycles. The summed E-state index contributed by atoms with van der Waals surface area (Å²) in [5.74, 6) is 0.134. The average molecular weight is 251 g/mol. The van der Waals surface area contributed by atoms with E-state index in [1.54, 1.807) is 7.11 Å². The van der Waals surface area contributed by atoms with Crippen LogP contribution in [0.15, 0.2) is 18.2 Å². The van der Waals surface area contributed by atoms with E-state index in [9.17, 15) is 4.79 Å². The van der Waals surface area contributed by atoms with Gasteiger partial charge in [-0.2, -0.15) is 0 Å². The van der Waals surface area contributed by atoms with E-state index in [-0.39, 0.29) is 12.5 Å². The lowest BCUT2D eigenvalue weighted by atomic mass is 9.99. The topological polar surface area (TPSA) is 58.6 Å². The molecule has 0 spiro atoms. The number of carboxylic acids is 1. The summed E-state index contributed by atoms with van der Waals surface area (Å²) in [6.07, 6.45) is 1.70. The van der Waals surface area contributed by atoms with Gasteiger partial charge in [0.25, 0.3) is 0 Å². The SMILES string of the molecule is CNC(CCCC(=O)O)c1ccc(OC)c(C)c1. The van der Waals surface area contributed by atoms with Crippen molar-refractivity contribution in [3.8, 4) is 5.75 Å². The molecule has 0 aliphatic heterocycles. The van der Waals surface area contributed by atoms with Crippen LogP contribution in [0.3, 0.4) is 0 Å². The van der Waals surface area contributed by atoms with E-state index in [0.29, 0.717) is 6.42 Å². The molecule has 4 nitrogen and oxygen atoms in total. The summed E-state index contributed by atoms with van der Waals surface area (Å²) in [6.45, 7) is 2.01. The van der Waals surface area contributed by atoms with Crippen molar-refractivity contribution in [1.29, 1.82) is 0 Å². The lowest BCUT2D eigenvalue weighted by molar-refractivity contribution is -0.137. The molecule has 1 aromatic carbocycles. The monoisotopic (exact) mass is 251 g/mol. The maximum absolute atomic E-state index is 10.5. The molecule has 0 fully saturated rings. The fourth-order valence-corrected chi connectivity index (χ4v) is 2.05. The third kappa shape index (κ3) is 4.04. The van der Waals surface area contributed by atoms with E-state index < -0.39 is 5.97 Å². The Morgan fingerprint density at radius 2 is 2.22 bits per heavy atom. The molecule has 1 rings (SSSR count). The van der Waals surface area contributed by atoms with E-state index in [0.717, 1.165) is 17.7 Å². The second kappa shape index (κ2) is 7.01. The minimum Gasteiger partial charge on any atom is -0.496 e. The van der Waals surface area contributed by atoms with Gasteiger partial charge < -0.3 is 15.2 Å². The van der Waals surface area contributed by atoms with Crippen molar-refractivity contribution < 1.29 is 14.6 Å². The highest BCUT2D eigenvalue weighted by Crippen LogP contribution is 2.25. The van der Waals surface area contributed by atoms with Crippen molar-refractivity contribution in [3.63, 3.8) is 0 Å². The number of rotatable bonds is 7. The Balaban J connectivity index is 2.69. The predicted octanol–water partition coefficient (Wildman–Crippen LogP) is 2.52. The molecule has 1 atom stereocenters. The molecule has 2 N–H and O–H groups in total. The molecular weight excluding hydrogens is 230 g/mol. The van der Waals surface area contributed by atoms with Crippen LogP contribution < -0.4 is 10.1 Å². The van der Waals surface area contributed by atoms with E-state index >= 15 is 0 Å². The van der Waals surface area contributed by atoms with Gasteiger partial charge in [0.15, 0.2) is 0 Å². The van der Waals surface area contributed by atoms with E-state index in [1.807, 2.05) is 26.1 Å². The average Bonchev–Trinajstić information content (AvgIpc) is 2.34. The fraction of sp³-hybridized carbons (Fsp3) is 0.500. The lowest BCUT2D eigenvalue weighted by Gasteiger charge is -2.17. The second-order valence-corrected chi connectivity index (χ2v) is 4.36. The molecule has 0 bridgehead atoms. The van der Waals surface area contributed by atoms with Crippen LogP contribution in [-0.4, -0.2) is 25.2 Å². The zero-order valence-corrected chi connectivity index (χ0v) is 11.2. The third-order valence-corrected chi connectivity index (χ3v) is 3.05. The van der Waals surface area contributed by atoms with Gasteiger partial charge in [-0.05, 0) is 44.0 Å². The Kier molecular flexibility index (Phi) is 5.65. The first-order valence-electron chi connectivity index (χ1n) is 6.12. The molecule has 0 aliphatic carbocycles. The molecule has 0 radical (unpaired) electrons. The number of methoxy groups -OCH3 is 1. The Bertz CT molecular complexity index is 404. The summed E-state index contributed by atoms with van der Waals surface area (Å²) in [6, 6.07) is 6.25. The van der Waals surface area contributed by atoms with Crippen molar-refractivity contribution in [2.75, 3.05) is 14.2 Å². The Morgan fingerprint density at radius 1 is 1.50 bits per heavy atom. The summed E-state index contributed by atoms with van der Waals surface area (Å²) in [5, 5.41) is 11.9. The first-order chi connectivity index (χ1) is 8.58. The van der Waals surface area contributed by atoms with Crippen LogP contribution >= 0.6 is 0 Å². The molecule has 0 heterocycles. The van der Waals surface area contributed by atoms with Gasteiger partial charge in [-0.3, -0.25) is 4.79 Å². The molecule has 0 aliphatic rings. The molecule has 4 heteroatoms. The van der Waals surface area contributed by atoms with Crippen LogP contribution in [0.2, 0.25) is 0 Å². The van der Waals surface area contributed by atoms with Gasteiger partial charge in [-0.15, -0.1) is 0 Å². The van der Waals surface area contributed by atoms with Crippen molar-refractivity contribution in [2.45, 2.75) is 32.2 Å². The normalized spacial score (nSPS) is 12.2. The zero-order valence-electron chi connectivity index (χ0n) is 11.2. The second-order valence-electron chi connectivity index (χ2n) is 4.36. The zero-order chi connectivity index (χ0) is 13.5. The van der Waals surface area contributed by atoms with Crippen LogP contribution in [0, 0.1) is 6.92 Å². The number of hydrogen-bond donors (Lipinski definition) is 2. The number of carbonyl (C=O) groups is 1. The van der Waals surface area contributed by atoms with Crippen molar-refractivity contribution in [3.05, 3.63) is 29.3 Å². The third-order valence-electron chi connectivity index (χ3n) is 3.05.